The third kappa shape index (κ3) is 9.00. The lowest BCUT2D eigenvalue weighted by atomic mass is 10.3. The summed E-state index contributed by atoms with van der Waals surface area (Å²) in [6.07, 6.45) is 1.60. The van der Waals surface area contributed by atoms with Crippen molar-refractivity contribution in [3.05, 3.63) is 65.2 Å². The van der Waals surface area contributed by atoms with E-state index >= 15 is 0 Å². The van der Waals surface area contributed by atoms with Crippen LogP contribution in [-0.4, -0.2) is 35.1 Å². The van der Waals surface area contributed by atoms with Crippen LogP contribution in [-0.2, 0) is 16.0 Å². The van der Waals surface area contributed by atoms with Crippen LogP contribution in [0.25, 0.3) is 0 Å². The molecule has 142 valence electrons. The van der Waals surface area contributed by atoms with Crippen molar-refractivity contribution in [3.63, 3.8) is 0 Å². The highest BCUT2D eigenvalue weighted by atomic mass is 35.5. The van der Waals surface area contributed by atoms with Crippen LogP contribution in [0.15, 0.2) is 48.5 Å². The second-order valence-corrected chi connectivity index (χ2v) is 6.85. The first kappa shape index (κ1) is 22.2. The number of benzene rings is 2. The van der Waals surface area contributed by atoms with Crippen LogP contribution in [0.2, 0.25) is 5.02 Å². The van der Waals surface area contributed by atoms with E-state index in [1.807, 2.05) is 7.05 Å². The molecule has 0 aromatic heterocycles. The molecule has 5 nitrogen and oxygen atoms in total. The Kier molecular flexibility index (Phi) is 10.6. The van der Waals surface area contributed by atoms with Crippen LogP contribution in [0, 0.1) is 11.6 Å². The number of amides is 1. The summed E-state index contributed by atoms with van der Waals surface area (Å²) in [5.74, 6) is -0.675. The molecule has 0 aliphatic carbocycles. The van der Waals surface area contributed by atoms with E-state index in [0.717, 1.165) is 19.5 Å². The third-order valence-electron chi connectivity index (χ3n) is 3.04. The zero-order valence-corrected chi connectivity index (χ0v) is 15.7. The molecular formula is C17H20ClF2N3O2S. The van der Waals surface area contributed by atoms with Gasteiger partial charge in [0.2, 0.25) is 6.41 Å². The molecule has 1 fully saturated rings. The zero-order valence-electron chi connectivity index (χ0n) is 14.1. The summed E-state index contributed by atoms with van der Waals surface area (Å²) in [5, 5.41) is 2.34. The van der Waals surface area contributed by atoms with Crippen LogP contribution in [0.1, 0.15) is 6.42 Å². The van der Waals surface area contributed by atoms with Crippen molar-refractivity contribution in [2.75, 3.05) is 25.5 Å². The van der Waals surface area contributed by atoms with Crippen LogP contribution in [0.3, 0.4) is 0 Å². The van der Waals surface area contributed by atoms with E-state index in [1.165, 1.54) is 30.3 Å². The predicted molar refractivity (Wildman–Crippen MR) is 101 cm³/mol. The maximum absolute atomic E-state index is 12.5. The third-order valence-corrected chi connectivity index (χ3v) is 4.53. The summed E-state index contributed by atoms with van der Waals surface area (Å²) < 4.78 is 39.7. The van der Waals surface area contributed by atoms with Crippen molar-refractivity contribution in [2.24, 2.45) is 0 Å². The van der Waals surface area contributed by atoms with Crippen LogP contribution in [0.5, 0.6) is 0 Å². The Morgan fingerprint density at radius 1 is 1.23 bits per heavy atom. The van der Waals surface area contributed by atoms with Crippen molar-refractivity contribution in [2.45, 2.75) is 6.42 Å². The average molecular weight is 404 g/mol. The van der Waals surface area contributed by atoms with E-state index in [2.05, 4.69) is 10.0 Å². The van der Waals surface area contributed by atoms with Gasteiger partial charge in [0.25, 0.3) is 0 Å². The van der Waals surface area contributed by atoms with E-state index in [4.69, 9.17) is 11.6 Å². The minimum absolute atomic E-state index is 0.00292. The average Bonchev–Trinajstić information content (AvgIpc) is 2.63. The molecule has 1 atom stereocenters. The van der Waals surface area contributed by atoms with Gasteiger partial charge >= 0.3 is 0 Å². The Balaban J connectivity index is 0.000000201. The topological polar surface area (TPSA) is 61.4 Å². The molecule has 0 saturated carbocycles. The molecule has 9 heteroatoms. The van der Waals surface area contributed by atoms with E-state index in [-0.39, 0.29) is 10.8 Å². The van der Waals surface area contributed by atoms with Crippen molar-refractivity contribution in [1.29, 1.82) is 0 Å². The van der Waals surface area contributed by atoms with Gasteiger partial charge in [0, 0.05) is 25.8 Å². The van der Waals surface area contributed by atoms with Gasteiger partial charge in [0.1, 0.15) is 11.6 Å². The number of hydrogen-bond donors (Lipinski definition) is 2. The second kappa shape index (κ2) is 12.5. The second-order valence-electron chi connectivity index (χ2n) is 5.04. The fraction of sp³-hybridized carbons (Fsp3) is 0.235. The Labute approximate surface area is 159 Å². The van der Waals surface area contributed by atoms with E-state index in [9.17, 15) is 17.8 Å². The largest absolute Gasteiger partial charge is 0.329 e. The van der Waals surface area contributed by atoms with E-state index in [0.29, 0.717) is 12.1 Å². The molecule has 3 rings (SSSR count). The minimum Gasteiger partial charge on any atom is -0.329 e. The maximum Gasteiger partial charge on any atom is 0.211 e. The summed E-state index contributed by atoms with van der Waals surface area (Å²) in [5.41, 5.74) is 0.478. The van der Waals surface area contributed by atoms with Gasteiger partial charge in [-0.3, -0.25) is 4.79 Å². The van der Waals surface area contributed by atoms with E-state index in [1.54, 1.807) is 22.5 Å². The molecule has 2 aromatic carbocycles. The quantitative estimate of drug-likeness (QED) is 0.755. The molecular weight excluding hydrogens is 384 g/mol. The summed E-state index contributed by atoms with van der Waals surface area (Å²) in [6.45, 7) is 1.83. The van der Waals surface area contributed by atoms with Crippen molar-refractivity contribution in [3.8, 4) is 0 Å². The first-order valence-electron chi connectivity index (χ1n) is 7.66. The molecule has 1 unspecified atom stereocenters. The normalized spacial score (nSPS) is 16.4. The van der Waals surface area contributed by atoms with Crippen molar-refractivity contribution >= 4 is 34.9 Å². The van der Waals surface area contributed by atoms with Crippen molar-refractivity contribution < 1.29 is 17.8 Å². The smallest absolute Gasteiger partial charge is 0.211 e. The highest BCUT2D eigenvalue weighted by Gasteiger charge is 2.10. The number of halogens is 3. The van der Waals surface area contributed by atoms with Gasteiger partial charge in [-0.15, -0.1) is 0 Å². The number of hydrogen-bond acceptors (Lipinski definition) is 2. The van der Waals surface area contributed by atoms with Gasteiger partial charge < -0.3 is 5.32 Å². The number of nitrogens with zero attached hydrogens (tertiary/aromatic N) is 1. The maximum atomic E-state index is 12.5. The molecule has 0 bridgehead atoms. The zero-order chi connectivity index (χ0) is 19.4. The fourth-order valence-corrected chi connectivity index (χ4v) is 2.74. The first-order chi connectivity index (χ1) is 12.4. The Morgan fingerprint density at radius 3 is 2.35 bits per heavy atom. The summed E-state index contributed by atoms with van der Waals surface area (Å²) in [7, 11) is 1.85. The van der Waals surface area contributed by atoms with Crippen LogP contribution >= 0.6 is 11.6 Å². The highest BCUT2D eigenvalue weighted by Crippen LogP contribution is 2.18. The van der Waals surface area contributed by atoms with Crippen molar-refractivity contribution in [1.82, 2.24) is 9.03 Å². The predicted octanol–water partition coefficient (Wildman–Crippen LogP) is 3.36. The molecule has 0 radical (unpaired) electrons. The number of rotatable bonds is 2. The molecule has 1 saturated heterocycles. The minimum atomic E-state index is -0.902. The molecule has 1 aliphatic rings. The van der Waals surface area contributed by atoms with Gasteiger partial charge in [-0.25, -0.2) is 22.0 Å². The van der Waals surface area contributed by atoms with E-state index < -0.39 is 17.0 Å². The molecule has 2 N–H and O–H groups in total. The van der Waals surface area contributed by atoms with Crippen LogP contribution < -0.4 is 10.0 Å². The molecule has 1 heterocycles. The van der Waals surface area contributed by atoms with Gasteiger partial charge in [-0.1, -0.05) is 29.8 Å². The summed E-state index contributed by atoms with van der Waals surface area (Å²) in [6, 6.07) is 11.9. The summed E-state index contributed by atoms with van der Waals surface area (Å²) >= 11 is 4.52. The van der Waals surface area contributed by atoms with Gasteiger partial charge in [0.05, 0.1) is 5.02 Å². The molecule has 1 amide bonds. The first-order valence-corrected chi connectivity index (χ1v) is 9.15. The molecule has 0 spiro atoms. The number of nitrogens with one attached hydrogen (secondary N) is 2. The lowest BCUT2D eigenvalue weighted by molar-refractivity contribution is -0.105. The lowest BCUT2D eigenvalue weighted by Crippen LogP contribution is -2.39. The van der Waals surface area contributed by atoms with Gasteiger partial charge in [-0.05, 0) is 36.8 Å². The lowest BCUT2D eigenvalue weighted by Gasteiger charge is -2.20. The Hall–Kier alpha value is -1.87. The van der Waals surface area contributed by atoms with Gasteiger partial charge in [-0.2, -0.15) is 0 Å². The van der Waals surface area contributed by atoms with Gasteiger partial charge in [0.15, 0.2) is 11.2 Å². The summed E-state index contributed by atoms with van der Waals surface area (Å²) in [4.78, 5) is 9.92. The molecule has 1 aliphatic heterocycles. The molecule has 26 heavy (non-hydrogen) atoms. The Morgan fingerprint density at radius 2 is 1.92 bits per heavy atom. The monoisotopic (exact) mass is 403 g/mol. The number of carbonyl (C=O) groups excluding carboxylic acids is 1. The molecule has 2 aromatic rings. The SMILES string of the molecule is CN1CCCNS1=O.Fc1ccccc1.O=CNc1ccc(F)c(Cl)c1. The Bertz CT molecular complexity index is 708. The highest BCUT2D eigenvalue weighted by molar-refractivity contribution is 7.80. The fourth-order valence-electron chi connectivity index (χ4n) is 1.72. The van der Waals surface area contributed by atoms with Crippen LogP contribution in [0.4, 0.5) is 14.5 Å². The number of anilines is 1. The standard InChI is InChI=1S/C7H5ClFNO.C6H5F.C4H10N2OS/c8-6-3-5(10-4-11)1-2-7(6)9;7-6-4-2-1-3-5-6;1-6-4-2-3-5-8(6)7/h1-4H,(H,10,11);1-5H;5H,2-4H2,1H3. The number of carbonyl (C=O) groups is 1.